The fourth-order valence-corrected chi connectivity index (χ4v) is 4.65. The number of non-ortho nitro benzene ring substituents is 1. The second kappa shape index (κ2) is 8.99. The van der Waals surface area contributed by atoms with Gasteiger partial charge in [-0.3, -0.25) is 20.2 Å². The Morgan fingerprint density at radius 2 is 1.74 bits per heavy atom. The molecule has 0 saturated carbocycles. The van der Waals surface area contributed by atoms with Crippen LogP contribution in [0.4, 0.5) is 10.8 Å². The van der Waals surface area contributed by atoms with Crippen LogP contribution in [0.3, 0.4) is 0 Å². The molecule has 10 heteroatoms. The number of carbonyl (C=O) groups is 1. The molecule has 0 spiro atoms. The van der Waals surface area contributed by atoms with Gasteiger partial charge in [0.25, 0.3) is 11.6 Å². The average Bonchev–Trinajstić information content (AvgIpc) is 3.28. The van der Waals surface area contributed by atoms with Crippen LogP contribution in [0.25, 0.3) is 32.4 Å². The molecule has 3 aromatic carbocycles. The largest absolute Gasteiger partial charge is 0.493 e. The third-order valence-corrected chi connectivity index (χ3v) is 6.38. The lowest BCUT2D eigenvalue weighted by Crippen LogP contribution is -2.13. The van der Waals surface area contributed by atoms with Gasteiger partial charge in [-0.15, -0.1) is 0 Å². The summed E-state index contributed by atoms with van der Waals surface area (Å²) in [5.74, 6) is 0.777. The zero-order valence-electron chi connectivity index (χ0n) is 18.6. The zero-order valence-corrected chi connectivity index (χ0v) is 19.5. The van der Waals surface area contributed by atoms with Gasteiger partial charge in [0.1, 0.15) is 0 Å². The Hall–Kier alpha value is -4.57. The molecule has 0 aliphatic rings. The van der Waals surface area contributed by atoms with E-state index in [1.807, 2.05) is 30.3 Å². The molecule has 0 bridgehead atoms. The van der Waals surface area contributed by atoms with Gasteiger partial charge in [0.2, 0.25) is 0 Å². The predicted molar refractivity (Wildman–Crippen MR) is 135 cm³/mol. The molecule has 0 unspecified atom stereocenters. The molecule has 0 radical (unpaired) electrons. The molecular formula is C25H18N4O5S. The number of amides is 1. The van der Waals surface area contributed by atoms with Crippen molar-refractivity contribution < 1.29 is 19.2 Å². The highest BCUT2D eigenvalue weighted by molar-refractivity contribution is 7.22. The molecule has 0 fully saturated rings. The third-order valence-electron chi connectivity index (χ3n) is 5.44. The molecule has 0 aliphatic heterocycles. The number of aromatic nitrogens is 2. The number of fused-ring (bicyclic) bond motifs is 2. The molecule has 35 heavy (non-hydrogen) atoms. The maximum Gasteiger partial charge on any atom is 0.270 e. The Bertz CT molecular complexity index is 1610. The molecule has 5 aromatic rings. The topological polar surface area (TPSA) is 116 Å². The summed E-state index contributed by atoms with van der Waals surface area (Å²) in [6.45, 7) is 0. The van der Waals surface area contributed by atoms with E-state index < -0.39 is 4.92 Å². The zero-order chi connectivity index (χ0) is 24.5. The van der Waals surface area contributed by atoms with Gasteiger partial charge in [0.05, 0.1) is 46.1 Å². The average molecular weight is 487 g/mol. The minimum Gasteiger partial charge on any atom is -0.493 e. The van der Waals surface area contributed by atoms with Crippen molar-refractivity contribution in [2.24, 2.45) is 0 Å². The summed E-state index contributed by atoms with van der Waals surface area (Å²) in [6.07, 6.45) is 0. The molecular weight excluding hydrogens is 468 g/mol. The standard InChI is InChI=1S/C25H18N4O5S/c1-33-21-10-7-14(11-22(21)34-2)20-13-17(16-5-3-4-6-18(16)26-20)24(30)28-25-27-19-9-8-15(29(31)32)12-23(19)35-25/h3-13H,1-2H3,(H,27,28,30). The number of carbonyl (C=O) groups excluding carboxylic acids is 1. The van der Waals surface area contributed by atoms with Crippen LogP contribution in [0, 0.1) is 10.1 Å². The number of thiazole rings is 1. The van der Waals surface area contributed by atoms with Gasteiger partial charge in [-0.25, -0.2) is 9.97 Å². The first-order chi connectivity index (χ1) is 17.0. The van der Waals surface area contributed by atoms with E-state index in [1.165, 1.54) is 23.5 Å². The quantitative estimate of drug-likeness (QED) is 0.242. The summed E-state index contributed by atoms with van der Waals surface area (Å²) >= 11 is 1.17. The Kier molecular flexibility index (Phi) is 5.71. The highest BCUT2D eigenvalue weighted by Crippen LogP contribution is 2.34. The van der Waals surface area contributed by atoms with Gasteiger partial charge in [0, 0.05) is 23.1 Å². The van der Waals surface area contributed by atoms with E-state index in [1.54, 1.807) is 38.5 Å². The Morgan fingerprint density at radius 1 is 0.943 bits per heavy atom. The predicted octanol–water partition coefficient (Wildman–Crippen LogP) is 5.69. The van der Waals surface area contributed by atoms with Crippen molar-refractivity contribution in [3.8, 4) is 22.8 Å². The van der Waals surface area contributed by atoms with E-state index in [0.717, 1.165) is 5.56 Å². The van der Waals surface area contributed by atoms with Crippen molar-refractivity contribution in [2.45, 2.75) is 0 Å². The van der Waals surface area contributed by atoms with Crippen molar-refractivity contribution in [3.63, 3.8) is 0 Å². The van der Waals surface area contributed by atoms with Crippen molar-refractivity contribution in [1.82, 2.24) is 9.97 Å². The number of anilines is 1. The number of nitro benzene ring substituents is 1. The number of benzene rings is 3. The van der Waals surface area contributed by atoms with Gasteiger partial charge >= 0.3 is 0 Å². The van der Waals surface area contributed by atoms with Crippen LogP contribution in [0.5, 0.6) is 11.5 Å². The van der Waals surface area contributed by atoms with E-state index in [2.05, 4.69) is 10.3 Å². The summed E-state index contributed by atoms with van der Waals surface area (Å²) < 4.78 is 11.3. The van der Waals surface area contributed by atoms with Gasteiger partial charge in [-0.2, -0.15) is 0 Å². The summed E-state index contributed by atoms with van der Waals surface area (Å²) in [7, 11) is 3.12. The summed E-state index contributed by atoms with van der Waals surface area (Å²) in [4.78, 5) is 33.1. The SMILES string of the molecule is COc1ccc(-c2cc(C(=O)Nc3nc4ccc([N+](=O)[O-])cc4s3)c3ccccc3n2)cc1OC. The molecule has 9 nitrogen and oxygen atoms in total. The lowest BCUT2D eigenvalue weighted by atomic mass is 10.0. The van der Waals surface area contributed by atoms with Crippen LogP contribution in [-0.4, -0.2) is 35.0 Å². The lowest BCUT2D eigenvalue weighted by Gasteiger charge is -2.12. The number of hydrogen-bond donors (Lipinski definition) is 1. The number of ether oxygens (including phenoxy) is 2. The monoisotopic (exact) mass is 486 g/mol. The number of nitro groups is 1. The molecule has 1 amide bonds. The first kappa shape index (κ1) is 22.2. The van der Waals surface area contributed by atoms with Crippen LogP contribution in [-0.2, 0) is 0 Å². The van der Waals surface area contributed by atoms with Gasteiger partial charge < -0.3 is 9.47 Å². The first-order valence-corrected chi connectivity index (χ1v) is 11.3. The fraction of sp³-hybridized carbons (Fsp3) is 0.0800. The van der Waals surface area contributed by atoms with Crippen LogP contribution >= 0.6 is 11.3 Å². The molecule has 5 rings (SSSR count). The molecule has 2 aromatic heterocycles. The molecule has 0 atom stereocenters. The Morgan fingerprint density at radius 3 is 2.51 bits per heavy atom. The number of nitrogens with zero attached hydrogens (tertiary/aromatic N) is 3. The van der Waals surface area contributed by atoms with E-state index >= 15 is 0 Å². The molecule has 0 saturated heterocycles. The Labute approximate surface area is 203 Å². The van der Waals surface area contributed by atoms with Crippen molar-refractivity contribution >= 4 is 49.2 Å². The summed E-state index contributed by atoms with van der Waals surface area (Å²) in [5.41, 5.74) is 2.97. The number of methoxy groups -OCH3 is 2. The number of hydrogen-bond acceptors (Lipinski definition) is 8. The van der Waals surface area contributed by atoms with E-state index in [9.17, 15) is 14.9 Å². The van der Waals surface area contributed by atoms with Crippen LogP contribution < -0.4 is 14.8 Å². The molecule has 174 valence electrons. The first-order valence-electron chi connectivity index (χ1n) is 10.5. The number of nitrogens with one attached hydrogen (secondary N) is 1. The second-order valence-electron chi connectivity index (χ2n) is 7.52. The smallest absolute Gasteiger partial charge is 0.270 e. The van der Waals surface area contributed by atoms with Crippen molar-refractivity contribution in [3.05, 3.63) is 82.4 Å². The van der Waals surface area contributed by atoms with Crippen LogP contribution in [0.2, 0.25) is 0 Å². The minimum absolute atomic E-state index is 0.0290. The molecule has 2 heterocycles. The normalized spacial score (nSPS) is 10.9. The van der Waals surface area contributed by atoms with E-state index in [4.69, 9.17) is 14.5 Å². The van der Waals surface area contributed by atoms with E-state index in [0.29, 0.717) is 49.0 Å². The summed E-state index contributed by atoms with van der Waals surface area (Å²) in [6, 6.07) is 18.9. The number of rotatable bonds is 6. The van der Waals surface area contributed by atoms with Crippen molar-refractivity contribution in [2.75, 3.05) is 19.5 Å². The van der Waals surface area contributed by atoms with Gasteiger partial charge in [0.15, 0.2) is 16.6 Å². The fourth-order valence-electron chi connectivity index (χ4n) is 3.75. The summed E-state index contributed by atoms with van der Waals surface area (Å²) in [5, 5.41) is 14.9. The highest BCUT2D eigenvalue weighted by atomic mass is 32.1. The minimum atomic E-state index is -0.462. The molecule has 1 N–H and O–H groups in total. The number of pyridine rings is 1. The van der Waals surface area contributed by atoms with E-state index in [-0.39, 0.29) is 11.6 Å². The van der Waals surface area contributed by atoms with Crippen LogP contribution in [0.1, 0.15) is 10.4 Å². The molecule has 0 aliphatic carbocycles. The Balaban J connectivity index is 1.55. The highest BCUT2D eigenvalue weighted by Gasteiger charge is 2.18. The maximum absolute atomic E-state index is 13.4. The van der Waals surface area contributed by atoms with Gasteiger partial charge in [-0.1, -0.05) is 29.5 Å². The third kappa shape index (κ3) is 4.22. The lowest BCUT2D eigenvalue weighted by molar-refractivity contribution is -0.384. The maximum atomic E-state index is 13.4. The van der Waals surface area contributed by atoms with Crippen molar-refractivity contribution in [1.29, 1.82) is 0 Å². The van der Waals surface area contributed by atoms with Gasteiger partial charge in [-0.05, 0) is 36.4 Å². The number of para-hydroxylation sites is 1. The van der Waals surface area contributed by atoms with Crippen LogP contribution in [0.15, 0.2) is 66.7 Å². The second-order valence-corrected chi connectivity index (χ2v) is 8.55.